The third kappa shape index (κ3) is 5.43. The number of sulfonamides is 1. The fraction of sp³-hybridized carbons (Fsp3) is 0.571. The third-order valence-electron chi connectivity index (χ3n) is 2.74. The minimum absolute atomic E-state index is 0.0998. The Bertz CT molecular complexity index is 587. The standard InChI is InChI=1S/C14H23N3O3S/c1-10(2)8-17(9-11(3)4)14(18)13-7-12(5-6-16-13)21(15,19)20/h5-7,10-11H,8-9H2,1-4H3,(H2,15,19,20). The van der Waals surface area contributed by atoms with E-state index in [0.29, 0.717) is 24.9 Å². The Hall–Kier alpha value is -1.47. The summed E-state index contributed by atoms with van der Waals surface area (Å²) in [6.45, 7) is 9.28. The molecule has 0 aliphatic heterocycles. The molecule has 0 aliphatic rings. The molecule has 1 rings (SSSR count). The summed E-state index contributed by atoms with van der Waals surface area (Å²) < 4.78 is 22.7. The van der Waals surface area contributed by atoms with Crippen LogP contribution < -0.4 is 5.14 Å². The Morgan fingerprint density at radius 1 is 1.24 bits per heavy atom. The van der Waals surface area contributed by atoms with Gasteiger partial charge in [-0.05, 0) is 24.0 Å². The van der Waals surface area contributed by atoms with Crippen LogP contribution >= 0.6 is 0 Å². The van der Waals surface area contributed by atoms with Crippen LogP contribution in [0, 0.1) is 11.8 Å². The number of nitrogens with two attached hydrogens (primary N) is 1. The van der Waals surface area contributed by atoms with Crippen LogP contribution in [0.25, 0.3) is 0 Å². The van der Waals surface area contributed by atoms with Crippen LogP contribution in [0.2, 0.25) is 0 Å². The smallest absolute Gasteiger partial charge is 0.272 e. The molecule has 1 amide bonds. The van der Waals surface area contributed by atoms with Gasteiger partial charge in [-0.3, -0.25) is 9.78 Å². The summed E-state index contributed by atoms with van der Waals surface area (Å²) in [4.78, 5) is 18.1. The van der Waals surface area contributed by atoms with Gasteiger partial charge >= 0.3 is 0 Å². The molecule has 7 heteroatoms. The van der Waals surface area contributed by atoms with Crippen molar-refractivity contribution in [1.29, 1.82) is 0 Å². The number of carbonyl (C=O) groups is 1. The summed E-state index contributed by atoms with van der Waals surface area (Å²) in [6, 6.07) is 2.51. The Labute approximate surface area is 126 Å². The lowest BCUT2D eigenvalue weighted by Gasteiger charge is -2.26. The van der Waals surface area contributed by atoms with E-state index in [-0.39, 0.29) is 16.5 Å². The quantitative estimate of drug-likeness (QED) is 0.861. The second-order valence-electron chi connectivity index (χ2n) is 5.92. The number of hydrogen-bond donors (Lipinski definition) is 1. The lowest BCUT2D eigenvalue weighted by molar-refractivity contribution is 0.0709. The maximum absolute atomic E-state index is 12.5. The van der Waals surface area contributed by atoms with Crippen molar-refractivity contribution in [2.75, 3.05) is 13.1 Å². The molecule has 0 saturated heterocycles. The maximum Gasteiger partial charge on any atom is 0.272 e. The Morgan fingerprint density at radius 2 is 1.76 bits per heavy atom. The normalized spacial score (nSPS) is 12.0. The van der Waals surface area contributed by atoms with Crippen LogP contribution in [0.4, 0.5) is 0 Å². The van der Waals surface area contributed by atoms with Crippen LogP contribution in [0.5, 0.6) is 0 Å². The predicted molar refractivity (Wildman–Crippen MR) is 81.2 cm³/mol. The lowest BCUT2D eigenvalue weighted by Crippen LogP contribution is -2.37. The molecule has 0 spiro atoms. The predicted octanol–water partition coefficient (Wildman–Crippen LogP) is 1.48. The van der Waals surface area contributed by atoms with E-state index in [2.05, 4.69) is 4.98 Å². The molecule has 0 radical (unpaired) electrons. The zero-order chi connectivity index (χ0) is 16.2. The Balaban J connectivity index is 3.08. The van der Waals surface area contributed by atoms with E-state index in [0.717, 1.165) is 0 Å². The second kappa shape index (κ2) is 7.00. The molecule has 0 aromatic carbocycles. The van der Waals surface area contributed by atoms with Gasteiger partial charge in [0.1, 0.15) is 5.69 Å². The summed E-state index contributed by atoms with van der Waals surface area (Å²) in [5.74, 6) is 0.353. The van der Waals surface area contributed by atoms with Gasteiger partial charge in [-0.1, -0.05) is 27.7 Å². The number of amides is 1. The van der Waals surface area contributed by atoms with E-state index in [1.807, 2.05) is 27.7 Å². The van der Waals surface area contributed by atoms with E-state index in [1.54, 1.807) is 4.90 Å². The minimum Gasteiger partial charge on any atom is -0.337 e. The highest BCUT2D eigenvalue weighted by atomic mass is 32.2. The molecule has 0 saturated carbocycles. The molecule has 0 bridgehead atoms. The topological polar surface area (TPSA) is 93.4 Å². The van der Waals surface area contributed by atoms with Crippen molar-refractivity contribution in [2.45, 2.75) is 32.6 Å². The van der Waals surface area contributed by atoms with Crippen molar-refractivity contribution in [3.8, 4) is 0 Å². The van der Waals surface area contributed by atoms with Gasteiger partial charge in [0.25, 0.3) is 5.91 Å². The molecule has 2 N–H and O–H groups in total. The van der Waals surface area contributed by atoms with E-state index in [9.17, 15) is 13.2 Å². The first kappa shape index (κ1) is 17.6. The first-order valence-electron chi connectivity index (χ1n) is 6.89. The third-order valence-corrected chi connectivity index (χ3v) is 3.65. The van der Waals surface area contributed by atoms with Crippen LogP contribution in [0.15, 0.2) is 23.2 Å². The molecule has 0 atom stereocenters. The van der Waals surface area contributed by atoms with Gasteiger partial charge in [0, 0.05) is 19.3 Å². The van der Waals surface area contributed by atoms with Gasteiger partial charge in [-0.25, -0.2) is 13.6 Å². The molecule has 0 unspecified atom stereocenters. The fourth-order valence-electron chi connectivity index (χ4n) is 1.99. The van der Waals surface area contributed by atoms with Crippen molar-refractivity contribution in [2.24, 2.45) is 17.0 Å². The Kier molecular flexibility index (Phi) is 5.86. The van der Waals surface area contributed by atoms with Crippen LogP contribution in [0.3, 0.4) is 0 Å². The molecule has 21 heavy (non-hydrogen) atoms. The summed E-state index contributed by atoms with van der Waals surface area (Å²) in [6.07, 6.45) is 1.29. The summed E-state index contributed by atoms with van der Waals surface area (Å²) in [7, 11) is -3.84. The number of pyridine rings is 1. The summed E-state index contributed by atoms with van der Waals surface area (Å²) >= 11 is 0. The van der Waals surface area contributed by atoms with E-state index in [4.69, 9.17) is 5.14 Å². The highest BCUT2D eigenvalue weighted by molar-refractivity contribution is 7.89. The molecule has 0 aliphatic carbocycles. The number of primary sulfonamides is 1. The molecule has 1 aromatic heterocycles. The second-order valence-corrected chi connectivity index (χ2v) is 7.48. The van der Waals surface area contributed by atoms with E-state index < -0.39 is 10.0 Å². The minimum atomic E-state index is -3.84. The average molecular weight is 313 g/mol. The van der Waals surface area contributed by atoms with Gasteiger partial charge < -0.3 is 4.90 Å². The Morgan fingerprint density at radius 3 is 2.19 bits per heavy atom. The maximum atomic E-state index is 12.5. The van der Waals surface area contributed by atoms with Gasteiger partial charge in [-0.2, -0.15) is 0 Å². The van der Waals surface area contributed by atoms with Crippen LogP contribution in [-0.2, 0) is 10.0 Å². The van der Waals surface area contributed by atoms with Crippen molar-refractivity contribution in [1.82, 2.24) is 9.88 Å². The number of carbonyl (C=O) groups excluding carboxylic acids is 1. The van der Waals surface area contributed by atoms with Gasteiger partial charge in [0.15, 0.2) is 0 Å². The van der Waals surface area contributed by atoms with Gasteiger partial charge in [-0.15, -0.1) is 0 Å². The molecular formula is C14H23N3O3S. The van der Waals surface area contributed by atoms with E-state index in [1.165, 1.54) is 18.3 Å². The highest BCUT2D eigenvalue weighted by Crippen LogP contribution is 2.12. The highest BCUT2D eigenvalue weighted by Gasteiger charge is 2.20. The zero-order valence-corrected chi connectivity index (χ0v) is 13.7. The zero-order valence-electron chi connectivity index (χ0n) is 12.9. The van der Waals surface area contributed by atoms with Crippen LogP contribution in [0.1, 0.15) is 38.2 Å². The largest absolute Gasteiger partial charge is 0.337 e. The number of aromatic nitrogens is 1. The first-order valence-corrected chi connectivity index (χ1v) is 8.44. The van der Waals surface area contributed by atoms with Gasteiger partial charge in [0.05, 0.1) is 4.90 Å². The van der Waals surface area contributed by atoms with Crippen LogP contribution in [-0.4, -0.2) is 37.3 Å². The molecule has 1 aromatic rings. The fourth-order valence-corrected chi connectivity index (χ4v) is 2.52. The number of hydrogen-bond acceptors (Lipinski definition) is 4. The molecule has 0 fully saturated rings. The SMILES string of the molecule is CC(C)CN(CC(C)C)C(=O)c1cc(S(N)(=O)=O)ccn1. The molecule has 1 heterocycles. The van der Waals surface area contributed by atoms with E-state index >= 15 is 0 Å². The number of nitrogens with zero attached hydrogens (tertiary/aromatic N) is 2. The van der Waals surface area contributed by atoms with Crippen molar-refractivity contribution >= 4 is 15.9 Å². The molecular weight excluding hydrogens is 290 g/mol. The summed E-state index contributed by atoms with van der Waals surface area (Å²) in [5, 5.41) is 5.08. The monoisotopic (exact) mass is 313 g/mol. The van der Waals surface area contributed by atoms with Crippen molar-refractivity contribution in [3.05, 3.63) is 24.0 Å². The van der Waals surface area contributed by atoms with Crippen molar-refractivity contribution in [3.63, 3.8) is 0 Å². The average Bonchev–Trinajstić information content (AvgIpc) is 2.35. The summed E-state index contributed by atoms with van der Waals surface area (Å²) in [5.41, 5.74) is 0.0998. The first-order chi connectivity index (χ1) is 9.61. The van der Waals surface area contributed by atoms with Gasteiger partial charge in [0.2, 0.25) is 10.0 Å². The molecule has 6 nitrogen and oxygen atoms in total. The van der Waals surface area contributed by atoms with Crippen molar-refractivity contribution < 1.29 is 13.2 Å². The number of rotatable bonds is 6. The molecule has 118 valence electrons. The lowest BCUT2D eigenvalue weighted by atomic mass is 10.1.